The Morgan fingerprint density at radius 3 is 2.38 bits per heavy atom. The van der Waals surface area contributed by atoms with Gasteiger partial charge in [0.05, 0.1) is 0 Å². The highest BCUT2D eigenvalue weighted by atomic mass is 15.0. The third-order valence-corrected chi connectivity index (χ3v) is 1.75. The second kappa shape index (κ2) is 4.23. The zero-order chi connectivity index (χ0) is 9.84. The van der Waals surface area contributed by atoms with Crippen LogP contribution in [0.4, 0.5) is 5.82 Å². The molecular formula is C10H17N3. The summed E-state index contributed by atoms with van der Waals surface area (Å²) in [6.07, 6.45) is 1.81. The molecule has 0 aromatic carbocycles. The van der Waals surface area contributed by atoms with Crippen LogP contribution in [0.5, 0.6) is 0 Å². The molecule has 0 saturated carbocycles. The topological polar surface area (TPSA) is 50.9 Å². The molecule has 0 saturated heterocycles. The van der Waals surface area contributed by atoms with Crippen LogP contribution in [0, 0.1) is 0 Å². The number of nitrogens with zero attached hydrogens (tertiary/aromatic N) is 1. The molecule has 0 aliphatic heterocycles. The number of aromatic nitrogens is 1. The number of rotatable bonds is 3. The number of hydrogen-bond donors (Lipinski definition) is 2. The molecule has 0 amide bonds. The van der Waals surface area contributed by atoms with E-state index in [0.29, 0.717) is 6.04 Å². The van der Waals surface area contributed by atoms with Crippen molar-refractivity contribution >= 4 is 5.82 Å². The number of pyridine rings is 1. The fourth-order valence-electron chi connectivity index (χ4n) is 1.06. The second-order valence-electron chi connectivity index (χ2n) is 3.56. The highest BCUT2D eigenvalue weighted by molar-refractivity contribution is 5.36. The van der Waals surface area contributed by atoms with Crippen LogP contribution in [0.1, 0.15) is 32.4 Å². The van der Waals surface area contributed by atoms with Crippen LogP contribution in [-0.2, 0) is 0 Å². The fourth-order valence-corrected chi connectivity index (χ4v) is 1.06. The van der Waals surface area contributed by atoms with Crippen molar-refractivity contribution in [1.29, 1.82) is 0 Å². The lowest BCUT2D eigenvalue weighted by Crippen LogP contribution is -2.11. The van der Waals surface area contributed by atoms with Gasteiger partial charge in [-0.3, -0.25) is 0 Å². The molecule has 13 heavy (non-hydrogen) atoms. The lowest BCUT2D eigenvalue weighted by molar-refractivity contribution is 0.809. The summed E-state index contributed by atoms with van der Waals surface area (Å²) in [5, 5.41) is 3.22. The summed E-state index contributed by atoms with van der Waals surface area (Å²) in [6.45, 7) is 6.12. The minimum absolute atomic E-state index is 0.0561. The number of hydrogen-bond acceptors (Lipinski definition) is 3. The van der Waals surface area contributed by atoms with Crippen molar-refractivity contribution in [2.75, 3.05) is 5.32 Å². The van der Waals surface area contributed by atoms with Gasteiger partial charge < -0.3 is 11.1 Å². The van der Waals surface area contributed by atoms with Gasteiger partial charge in [-0.2, -0.15) is 0 Å². The van der Waals surface area contributed by atoms with Crippen molar-refractivity contribution in [2.24, 2.45) is 5.73 Å². The zero-order valence-corrected chi connectivity index (χ0v) is 8.41. The van der Waals surface area contributed by atoms with Gasteiger partial charge in [-0.25, -0.2) is 4.98 Å². The van der Waals surface area contributed by atoms with Crippen LogP contribution >= 0.6 is 0 Å². The SMILES string of the molecule is CC(C)Nc1ccc([C@H](C)N)cn1. The molecule has 0 unspecified atom stereocenters. The van der Waals surface area contributed by atoms with Crippen LogP contribution in [0.2, 0.25) is 0 Å². The number of anilines is 1. The Balaban J connectivity index is 2.70. The Kier molecular flexibility index (Phi) is 3.25. The molecule has 0 radical (unpaired) electrons. The molecule has 1 atom stereocenters. The predicted molar refractivity (Wildman–Crippen MR) is 55.6 cm³/mol. The van der Waals surface area contributed by atoms with E-state index in [1.165, 1.54) is 0 Å². The van der Waals surface area contributed by atoms with E-state index in [1.54, 1.807) is 0 Å². The van der Waals surface area contributed by atoms with Crippen molar-refractivity contribution < 1.29 is 0 Å². The molecule has 0 spiro atoms. The molecule has 0 aliphatic carbocycles. The van der Waals surface area contributed by atoms with Gasteiger partial charge in [0.1, 0.15) is 5.82 Å². The van der Waals surface area contributed by atoms with Crippen molar-refractivity contribution in [2.45, 2.75) is 32.9 Å². The van der Waals surface area contributed by atoms with Crippen molar-refractivity contribution in [3.63, 3.8) is 0 Å². The average molecular weight is 179 g/mol. The van der Waals surface area contributed by atoms with Crippen molar-refractivity contribution in [3.8, 4) is 0 Å². The Hall–Kier alpha value is -1.09. The summed E-state index contributed by atoms with van der Waals surface area (Å²) in [6, 6.07) is 4.43. The van der Waals surface area contributed by atoms with E-state index in [0.717, 1.165) is 11.4 Å². The van der Waals surface area contributed by atoms with E-state index in [-0.39, 0.29) is 6.04 Å². The van der Waals surface area contributed by atoms with Crippen LogP contribution in [-0.4, -0.2) is 11.0 Å². The molecular weight excluding hydrogens is 162 g/mol. The Morgan fingerprint density at radius 1 is 1.31 bits per heavy atom. The van der Waals surface area contributed by atoms with E-state index >= 15 is 0 Å². The second-order valence-corrected chi connectivity index (χ2v) is 3.56. The normalized spacial score (nSPS) is 13.0. The average Bonchev–Trinajstić information content (AvgIpc) is 2.04. The van der Waals surface area contributed by atoms with Crippen molar-refractivity contribution in [3.05, 3.63) is 23.9 Å². The number of nitrogens with one attached hydrogen (secondary N) is 1. The maximum atomic E-state index is 5.70. The van der Waals surface area contributed by atoms with E-state index in [9.17, 15) is 0 Å². The minimum atomic E-state index is 0.0561. The first-order valence-electron chi connectivity index (χ1n) is 4.57. The molecule has 0 bridgehead atoms. The van der Waals surface area contributed by atoms with Gasteiger partial charge in [0, 0.05) is 18.3 Å². The highest BCUT2D eigenvalue weighted by Gasteiger charge is 2.00. The lowest BCUT2D eigenvalue weighted by atomic mass is 10.1. The van der Waals surface area contributed by atoms with E-state index < -0.39 is 0 Å². The molecule has 1 aromatic heterocycles. The lowest BCUT2D eigenvalue weighted by Gasteiger charge is -2.10. The Labute approximate surface area is 79.4 Å². The number of nitrogens with two attached hydrogens (primary N) is 1. The van der Waals surface area contributed by atoms with Crippen LogP contribution in [0.25, 0.3) is 0 Å². The van der Waals surface area contributed by atoms with E-state index in [1.807, 2.05) is 25.3 Å². The van der Waals surface area contributed by atoms with Crippen LogP contribution in [0.3, 0.4) is 0 Å². The largest absolute Gasteiger partial charge is 0.368 e. The summed E-state index contributed by atoms with van der Waals surface area (Å²) >= 11 is 0. The van der Waals surface area contributed by atoms with Crippen LogP contribution < -0.4 is 11.1 Å². The summed E-state index contributed by atoms with van der Waals surface area (Å²) in [5.41, 5.74) is 6.77. The Bertz CT molecular complexity index is 251. The molecule has 0 fully saturated rings. The van der Waals surface area contributed by atoms with Gasteiger partial charge >= 0.3 is 0 Å². The van der Waals surface area contributed by atoms with Gasteiger partial charge in [0.2, 0.25) is 0 Å². The Morgan fingerprint density at radius 2 is 2.00 bits per heavy atom. The third kappa shape index (κ3) is 3.03. The fraction of sp³-hybridized carbons (Fsp3) is 0.500. The molecule has 1 aromatic rings. The predicted octanol–water partition coefficient (Wildman–Crippen LogP) is 1.92. The molecule has 1 heterocycles. The maximum absolute atomic E-state index is 5.70. The zero-order valence-electron chi connectivity index (χ0n) is 8.41. The molecule has 1 rings (SSSR count). The maximum Gasteiger partial charge on any atom is 0.126 e. The first-order valence-corrected chi connectivity index (χ1v) is 4.57. The highest BCUT2D eigenvalue weighted by Crippen LogP contribution is 2.11. The standard InChI is InChI=1S/C10H17N3/c1-7(2)13-10-5-4-9(6-12-10)8(3)11/h4-8H,11H2,1-3H3,(H,12,13)/t8-/m0/s1. The van der Waals surface area contributed by atoms with Gasteiger partial charge in [-0.05, 0) is 32.4 Å². The monoisotopic (exact) mass is 179 g/mol. The summed E-state index contributed by atoms with van der Waals surface area (Å²) in [4.78, 5) is 4.25. The molecule has 3 nitrogen and oxygen atoms in total. The molecule has 0 aliphatic rings. The van der Waals surface area contributed by atoms with Crippen LogP contribution in [0.15, 0.2) is 18.3 Å². The van der Waals surface area contributed by atoms with E-state index in [2.05, 4.69) is 24.1 Å². The minimum Gasteiger partial charge on any atom is -0.368 e. The summed E-state index contributed by atoms with van der Waals surface area (Å²) in [7, 11) is 0. The van der Waals surface area contributed by atoms with Gasteiger partial charge in [-0.1, -0.05) is 6.07 Å². The first-order chi connectivity index (χ1) is 6.09. The third-order valence-electron chi connectivity index (χ3n) is 1.75. The van der Waals surface area contributed by atoms with Gasteiger partial charge in [-0.15, -0.1) is 0 Å². The van der Waals surface area contributed by atoms with E-state index in [4.69, 9.17) is 5.73 Å². The summed E-state index contributed by atoms with van der Waals surface area (Å²) < 4.78 is 0. The molecule has 72 valence electrons. The summed E-state index contributed by atoms with van der Waals surface area (Å²) in [5.74, 6) is 0.902. The quantitative estimate of drug-likeness (QED) is 0.745. The van der Waals surface area contributed by atoms with Crippen molar-refractivity contribution in [1.82, 2.24) is 4.98 Å². The van der Waals surface area contributed by atoms with Gasteiger partial charge in [0.15, 0.2) is 0 Å². The molecule has 3 N–H and O–H groups in total. The smallest absolute Gasteiger partial charge is 0.126 e. The van der Waals surface area contributed by atoms with Gasteiger partial charge in [0.25, 0.3) is 0 Å². The molecule has 3 heteroatoms. The first kappa shape index (κ1) is 9.99.